The maximum absolute atomic E-state index is 12.2. The molecule has 4 nitrogen and oxygen atoms in total. The van der Waals surface area contributed by atoms with Gasteiger partial charge in [0.1, 0.15) is 0 Å². The number of benzene rings is 1. The molecule has 1 heterocycles. The van der Waals surface area contributed by atoms with Gasteiger partial charge in [-0.05, 0) is 30.0 Å². The number of amides is 1. The van der Waals surface area contributed by atoms with Crippen molar-refractivity contribution in [1.82, 2.24) is 0 Å². The molecule has 1 N–H and O–H groups in total. The normalized spacial score (nSPS) is 10.3. The van der Waals surface area contributed by atoms with E-state index in [0.29, 0.717) is 5.56 Å². The average Bonchev–Trinajstić information content (AvgIpc) is 2.71. The summed E-state index contributed by atoms with van der Waals surface area (Å²) in [6.07, 6.45) is 0. The molecular formula is C13H8Cl2NO3S-. The highest BCUT2D eigenvalue weighted by Gasteiger charge is 2.18. The first kappa shape index (κ1) is 14.8. The van der Waals surface area contributed by atoms with Crippen LogP contribution in [0, 0.1) is 6.92 Å². The number of nitrogens with one attached hydrogen (secondary N) is 1. The summed E-state index contributed by atoms with van der Waals surface area (Å²) < 4.78 is 0. The van der Waals surface area contributed by atoms with E-state index in [9.17, 15) is 14.7 Å². The minimum atomic E-state index is -1.34. The molecule has 1 aromatic carbocycles. The van der Waals surface area contributed by atoms with E-state index in [4.69, 9.17) is 23.2 Å². The topological polar surface area (TPSA) is 69.2 Å². The lowest BCUT2D eigenvalue weighted by Gasteiger charge is -2.10. The van der Waals surface area contributed by atoms with E-state index >= 15 is 0 Å². The number of carboxylic acid groups (broad SMARTS) is 1. The van der Waals surface area contributed by atoms with Gasteiger partial charge in [-0.25, -0.2) is 0 Å². The van der Waals surface area contributed by atoms with Crippen LogP contribution >= 0.6 is 34.5 Å². The Balaban J connectivity index is 2.38. The Morgan fingerprint density at radius 1 is 1.25 bits per heavy atom. The Bertz CT molecular complexity index is 677. The third-order valence-corrected chi connectivity index (χ3v) is 4.30. The second-order valence-corrected chi connectivity index (χ2v) is 5.66. The molecule has 0 radical (unpaired) electrons. The number of thiophene rings is 1. The van der Waals surface area contributed by atoms with E-state index < -0.39 is 11.9 Å². The first-order valence-electron chi connectivity index (χ1n) is 5.46. The van der Waals surface area contributed by atoms with Gasteiger partial charge >= 0.3 is 0 Å². The number of carbonyl (C=O) groups is 2. The van der Waals surface area contributed by atoms with Gasteiger partial charge in [0.25, 0.3) is 5.91 Å². The van der Waals surface area contributed by atoms with Crippen LogP contribution in [0.5, 0.6) is 0 Å². The SMILES string of the molecule is Cc1csc(C(=O)[O-])c1NC(=O)c1c(Cl)cccc1Cl. The maximum Gasteiger partial charge on any atom is 0.258 e. The molecule has 0 saturated carbocycles. The molecule has 0 unspecified atom stereocenters. The summed E-state index contributed by atoms with van der Waals surface area (Å²) in [6, 6.07) is 4.68. The zero-order valence-corrected chi connectivity index (χ0v) is 12.5. The summed E-state index contributed by atoms with van der Waals surface area (Å²) in [7, 11) is 0. The third-order valence-electron chi connectivity index (χ3n) is 2.59. The van der Waals surface area contributed by atoms with Gasteiger partial charge in [0.05, 0.1) is 32.1 Å². The van der Waals surface area contributed by atoms with Crippen molar-refractivity contribution in [3.63, 3.8) is 0 Å². The molecule has 0 spiro atoms. The fourth-order valence-corrected chi connectivity index (χ4v) is 3.05. The summed E-state index contributed by atoms with van der Waals surface area (Å²) in [5, 5.41) is 15.5. The molecule has 2 aromatic rings. The summed E-state index contributed by atoms with van der Waals surface area (Å²) in [6.45, 7) is 1.69. The number of rotatable bonds is 3. The summed E-state index contributed by atoms with van der Waals surface area (Å²) in [5.74, 6) is -1.91. The molecule has 0 aliphatic rings. The second kappa shape index (κ2) is 5.83. The minimum Gasteiger partial charge on any atom is -0.544 e. The van der Waals surface area contributed by atoms with Crippen molar-refractivity contribution in [1.29, 1.82) is 0 Å². The van der Waals surface area contributed by atoms with Crippen LogP contribution in [0.4, 0.5) is 5.69 Å². The van der Waals surface area contributed by atoms with Crippen molar-refractivity contribution in [3.05, 3.63) is 49.6 Å². The van der Waals surface area contributed by atoms with Crippen LogP contribution < -0.4 is 10.4 Å². The fourth-order valence-electron chi connectivity index (χ4n) is 1.64. The van der Waals surface area contributed by atoms with Crippen LogP contribution in [-0.2, 0) is 0 Å². The molecule has 0 atom stereocenters. The van der Waals surface area contributed by atoms with Crippen LogP contribution in [0.3, 0.4) is 0 Å². The van der Waals surface area contributed by atoms with Gasteiger partial charge in [-0.1, -0.05) is 29.3 Å². The number of halogens is 2. The molecular weight excluding hydrogens is 321 g/mol. The van der Waals surface area contributed by atoms with Crippen molar-refractivity contribution < 1.29 is 14.7 Å². The van der Waals surface area contributed by atoms with E-state index in [-0.39, 0.29) is 26.2 Å². The monoisotopic (exact) mass is 328 g/mol. The first-order valence-corrected chi connectivity index (χ1v) is 7.10. The summed E-state index contributed by atoms with van der Waals surface area (Å²) in [4.78, 5) is 23.1. The van der Waals surface area contributed by atoms with E-state index in [0.717, 1.165) is 11.3 Å². The van der Waals surface area contributed by atoms with E-state index in [1.807, 2.05) is 0 Å². The van der Waals surface area contributed by atoms with Crippen LogP contribution in [-0.4, -0.2) is 11.9 Å². The summed E-state index contributed by atoms with van der Waals surface area (Å²) in [5.41, 5.74) is 0.937. The lowest BCUT2D eigenvalue weighted by atomic mass is 10.2. The summed E-state index contributed by atoms with van der Waals surface area (Å²) >= 11 is 12.9. The Labute approximate surface area is 128 Å². The standard InChI is InChI=1S/C13H9Cl2NO3S/c1-6-5-20-11(13(18)19)10(6)16-12(17)9-7(14)3-2-4-8(9)15/h2-5H,1H3,(H,16,17)(H,18,19)/p-1. The molecule has 0 aliphatic carbocycles. The zero-order chi connectivity index (χ0) is 14.9. The second-order valence-electron chi connectivity index (χ2n) is 3.96. The van der Waals surface area contributed by atoms with Crippen LogP contribution in [0.25, 0.3) is 0 Å². The lowest BCUT2D eigenvalue weighted by Crippen LogP contribution is -2.23. The predicted octanol–water partition coefficient (Wildman–Crippen LogP) is 2.98. The van der Waals surface area contributed by atoms with Crippen LogP contribution in [0.2, 0.25) is 10.0 Å². The molecule has 1 aromatic heterocycles. The quantitative estimate of drug-likeness (QED) is 0.941. The Kier molecular flexibility index (Phi) is 4.32. The van der Waals surface area contributed by atoms with Gasteiger partial charge in [0, 0.05) is 0 Å². The van der Waals surface area contributed by atoms with Crippen molar-refractivity contribution in [2.24, 2.45) is 0 Å². The van der Waals surface area contributed by atoms with Crippen molar-refractivity contribution in [2.75, 3.05) is 5.32 Å². The molecule has 0 fully saturated rings. The molecule has 20 heavy (non-hydrogen) atoms. The van der Waals surface area contributed by atoms with Gasteiger partial charge < -0.3 is 15.2 Å². The molecule has 1 amide bonds. The molecule has 0 aliphatic heterocycles. The van der Waals surface area contributed by atoms with E-state index in [2.05, 4.69) is 5.32 Å². The average molecular weight is 329 g/mol. The number of hydrogen-bond acceptors (Lipinski definition) is 4. The number of carboxylic acids is 1. The van der Waals surface area contributed by atoms with E-state index in [1.54, 1.807) is 18.4 Å². The van der Waals surface area contributed by atoms with Gasteiger partial charge in [-0.15, -0.1) is 11.3 Å². The third kappa shape index (κ3) is 2.80. The van der Waals surface area contributed by atoms with E-state index in [1.165, 1.54) is 12.1 Å². The van der Waals surface area contributed by atoms with Crippen molar-refractivity contribution in [2.45, 2.75) is 6.92 Å². The van der Waals surface area contributed by atoms with Gasteiger partial charge in [0.15, 0.2) is 0 Å². The van der Waals surface area contributed by atoms with Crippen LogP contribution in [0.15, 0.2) is 23.6 Å². The molecule has 0 bridgehead atoms. The zero-order valence-electron chi connectivity index (χ0n) is 10.2. The highest BCUT2D eigenvalue weighted by molar-refractivity contribution is 7.12. The van der Waals surface area contributed by atoms with Crippen molar-refractivity contribution >= 4 is 52.1 Å². The van der Waals surface area contributed by atoms with Gasteiger partial charge in [-0.3, -0.25) is 4.79 Å². The Hall–Kier alpha value is -1.56. The largest absolute Gasteiger partial charge is 0.544 e. The lowest BCUT2D eigenvalue weighted by molar-refractivity contribution is -0.254. The Morgan fingerprint density at radius 2 is 1.85 bits per heavy atom. The molecule has 104 valence electrons. The first-order chi connectivity index (χ1) is 9.41. The highest BCUT2D eigenvalue weighted by Crippen LogP contribution is 2.30. The Morgan fingerprint density at radius 3 is 2.40 bits per heavy atom. The molecule has 7 heteroatoms. The minimum absolute atomic E-state index is 0.0426. The number of aromatic carboxylic acids is 1. The van der Waals surface area contributed by atoms with Gasteiger partial charge in [0.2, 0.25) is 0 Å². The van der Waals surface area contributed by atoms with Crippen LogP contribution in [0.1, 0.15) is 25.6 Å². The number of hydrogen-bond donors (Lipinski definition) is 1. The number of aryl methyl sites for hydroxylation is 1. The highest BCUT2D eigenvalue weighted by atomic mass is 35.5. The number of carbonyl (C=O) groups excluding carboxylic acids is 2. The smallest absolute Gasteiger partial charge is 0.258 e. The molecule has 0 saturated heterocycles. The molecule has 2 rings (SSSR count). The van der Waals surface area contributed by atoms with Crippen molar-refractivity contribution in [3.8, 4) is 0 Å². The number of anilines is 1. The maximum atomic E-state index is 12.2. The predicted molar refractivity (Wildman–Crippen MR) is 77.8 cm³/mol. The van der Waals surface area contributed by atoms with Gasteiger partial charge in [-0.2, -0.15) is 0 Å². The fraction of sp³-hybridized carbons (Fsp3) is 0.0769.